The summed E-state index contributed by atoms with van der Waals surface area (Å²) >= 11 is 0. The van der Waals surface area contributed by atoms with Crippen molar-refractivity contribution in [3.63, 3.8) is 0 Å². The van der Waals surface area contributed by atoms with E-state index in [0.717, 1.165) is 12.2 Å². The summed E-state index contributed by atoms with van der Waals surface area (Å²) in [7, 11) is 0. The first-order valence-corrected chi connectivity index (χ1v) is 6.36. The molecule has 0 fully saturated rings. The number of para-hydroxylation sites is 1. The van der Waals surface area contributed by atoms with Crippen molar-refractivity contribution >= 4 is 11.4 Å². The molecule has 2 aromatic carbocycles. The molecule has 1 unspecified atom stereocenters. The van der Waals surface area contributed by atoms with Gasteiger partial charge in [0, 0.05) is 24.0 Å². The molecular weight excluding hydrogens is 220 g/mol. The standard InChI is InChI=1S/C16H20N2/c1-13-7-6-10-16(11-13)18-14(2)12-17-15-8-4-3-5-9-15/h3-11,14,17-18H,12H2,1-2H3. The van der Waals surface area contributed by atoms with Gasteiger partial charge in [-0.05, 0) is 43.7 Å². The van der Waals surface area contributed by atoms with E-state index in [-0.39, 0.29) is 0 Å². The van der Waals surface area contributed by atoms with E-state index in [4.69, 9.17) is 0 Å². The van der Waals surface area contributed by atoms with Gasteiger partial charge < -0.3 is 10.6 Å². The molecule has 0 aliphatic rings. The molecule has 94 valence electrons. The molecule has 0 spiro atoms. The van der Waals surface area contributed by atoms with Gasteiger partial charge in [-0.2, -0.15) is 0 Å². The molecule has 1 atom stereocenters. The fraction of sp³-hybridized carbons (Fsp3) is 0.250. The van der Waals surface area contributed by atoms with Crippen LogP contribution in [0.4, 0.5) is 11.4 Å². The number of hydrogen-bond donors (Lipinski definition) is 2. The normalized spacial score (nSPS) is 11.9. The van der Waals surface area contributed by atoms with E-state index < -0.39 is 0 Å². The van der Waals surface area contributed by atoms with E-state index in [1.807, 2.05) is 18.2 Å². The predicted molar refractivity (Wildman–Crippen MR) is 79.2 cm³/mol. The van der Waals surface area contributed by atoms with Crippen LogP contribution < -0.4 is 10.6 Å². The number of nitrogens with one attached hydrogen (secondary N) is 2. The Morgan fingerprint density at radius 3 is 2.39 bits per heavy atom. The lowest BCUT2D eigenvalue weighted by Gasteiger charge is -2.17. The van der Waals surface area contributed by atoms with Crippen LogP contribution in [0.1, 0.15) is 12.5 Å². The van der Waals surface area contributed by atoms with Gasteiger partial charge in [-0.15, -0.1) is 0 Å². The zero-order valence-corrected chi connectivity index (χ0v) is 11.0. The second-order valence-corrected chi connectivity index (χ2v) is 4.66. The first kappa shape index (κ1) is 12.5. The van der Waals surface area contributed by atoms with Crippen LogP contribution in [0, 0.1) is 6.92 Å². The highest BCUT2D eigenvalue weighted by Crippen LogP contribution is 2.11. The molecule has 2 nitrogen and oxygen atoms in total. The molecule has 0 bridgehead atoms. The number of hydrogen-bond acceptors (Lipinski definition) is 2. The molecular formula is C16H20N2. The third-order valence-electron chi connectivity index (χ3n) is 2.82. The van der Waals surface area contributed by atoms with Crippen molar-refractivity contribution in [2.24, 2.45) is 0 Å². The lowest BCUT2D eigenvalue weighted by molar-refractivity contribution is 0.835. The highest BCUT2D eigenvalue weighted by Gasteiger charge is 2.01. The molecule has 2 aromatic rings. The first-order chi connectivity index (χ1) is 8.74. The van der Waals surface area contributed by atoms with Crippen LogP contribution in [-0.2, 0) is 0 Å². The van der Waals surface area contributed by atoms with Crippen molar-refractivity contribution in [2.75, 3.05) is 17.2 Å². The van der Waals surface area contributed by atoms with E-state index in [1.165, 1.54) is 11.3 Å². The zero-order chi connectivity index (χ0) is 12.8. The molecule has 2 rings (SSSR count). The molecule has 2 N–H and O–H groups in total. The quantitative estimate of drug-likeness (QED) is 0.828. The molecule has 0 saturated heterocycles. The SMILES string of the molecule is Cc1cccc(NC(C)CNc2ccccc2)c1. The van der Waals surface area contributed by atoms with Crippen molar-refractivity contribution in [2.45, 2.75) is 19.9 Å². The Balaban J connectivity index is 1.84. The maximum atomic E-state index is 3.49. The van der Waals surface area contributed by atoms with Gasteiger partial charge in [0.05, 0.1) is 0 Å². The topological polar surface area (TPSA) is 24.1 Å². The largest absolute Gasteiger partial charge is 0.383 e. The summed E-state index contributed by atoms with van der Waals surface area (Å²) in [5, 5.41) is 6.91. The van der Waals surface area contributed by atoms with Crippen LogP contribution in [0.5, 0.6) is 0 Å². The van der Waals surface area contributed by atoms with Gasteiger partial charge in [-0.3, -0.25) is 0 Å². The van der Waals surface area contributed by atoms with Crippen LogP contribution in [0.15, 0.2) is 54.6 Å². The second-order valence-electron chi connectivity index (χ2n) is 4.66. The average Bonchev–Trinajstić information content (AvgIpc) is 2.38. The fourth-order valence-electron chi connectivity index (χ4n) is 1.90. The van der Waals surface area contributed by atoms with Gasteiger partial charge in [0.15, 0.2) is 0 Å². The van der Waals surface area contributed by atoms with E-state index >= 15 is 0 Å². The molecule has 0 saturated carbocycles. The summed E-state index contributed by atoms with van der Waals surface area (Å²) in [5.74, 6) is 0. The monoisotopic (exact) mass is 240 g/mol. The van der Waals surface area contributed by atoms with Crippen molar-refractivity contribution < 1.29 is 0 Å². The molecule has 2 heteroatoms. The summed E-state index contributed by atoms with van der Waals surface area (Å²) in [6, 6.07) is 19.1. The highest BCUT2D eigenvalue weighted by molar-refractivity contribution is 5.47. The van der Waals surface area contributed by atoms with Crippen molar-refractivity contribution in [3.8, 4) is 0 Å². The van der Waals surface area contributed by atoms with Crippen molar-refractivity contribution in [1.82, 2.24) is 0 Å². The van der Waals surface area contributed by atoms with E-state index in [0.29, 0.717) is 6.04 Å². The average molecular weight is 240 g/mol. The molecule has 0 radical (unpaired) electrons. The lowest BCUT2D eigenvalue weighted by Crippen LogP contribution is -2.24. The van der Waals surface area contributed by atoms with Crippen LogP contribution >= 0.6 is 0 Å². The Bertz CT molecular complexity index is 479. The minimum Gasteiger partial charge on any atom is -0.383 e. The fourth-order valence-corrected chi connectivity index (χ4v) is 1.90. The zero-order valence-electron chi connectivity index (χ0n) is 11.0. The summed E-state index contributed by atoms with van der Waals surface area (Å²) in [4.78, 5) is 0. The summed E-state index contributed by atoms with van der Waals surface area (Å²) < 4.78 is 0. The van der Waals surface area contributed by atoms with Gasteiger partial charge in [0.2, 0.25) is 0 Å². The Hall–Kier alpha value is -1.96. The van der Waals surface area contributed by atoms with Crippen LogP contribution in [0.25, 0.3) is 0 Å². The van der Waals surface area contributed by atoms with Gasteiger partial charge >= 0.3 is 0 Å². The molecule has 18 heavy (non-hydrogen) atoms. The van der Waals surface area contributed by atoms with Crippen molar-refractivity contribution in [1.29, 1.82) is 0 Å². The van der Waals surface area contributed by atoms with E-state index in [9.17, 15) is 0 Å². The lowest BCUT2D eigenvalue weighted by atomic mass is 10.2. The summed E-state index contributed by atoms with van der Waals surface area (Å²) in [5.41, 5.74) is 3.62. The molecule has 0 aliphatic carbocycles. The highest BCUT2D eigenvalue weighted by atomic mass is 15.0. The van der Waals surface area contributed by atoms with Crippen molar-refractivity contribution in [3.05, 3.63) is 60.2 Å². The number of benzene rings is 2. The van der Waals surface area contributed by atoms with E-state index in [1.54, 1.807) is 0 Å². The summed E-state index contributed by atoms with van der Waals surface area (Å²) in [6.07, 6.45) is 0. The number of rotatable bonds is 5. The minimum atomic E-state index is 0.381. The Morgan fingerprint density at radius 2 is 1.67 bits per heavy atom. The van der Waals surface area contributed by atoms with Gasteiger partial charge in [-0.1, -0.05) is 30.3 Å². The Labute approximate surface area is 109 Å². The summed E-state index contributed by atoms with van der Waals surface area (Å²) in [6.45, 7) is 5.19. The van der Waals surface area contributed by atoms with E-state index in [2.05, 4.69) is 60.9 Å². The smallest absolute Gasteiger partial charge is 0.0405 e. The van der Waals surface area contributed by atoms with Gasteiger partial charge in [-0.25, -0.2) is 0 Å². The Kier molecular flexibility index (Phi) is 4.24. The maximum absolute atomic E-state index is 3.49. The second kappa shape index (κ2) is 6.10. The van der Waals surface area contributed by atoms with Gasteiger partial charge in [0.1, 0.15) is 0 Å². The Morgan fingerprint density at radius 1 is 0.944 bits per heavy atom. The number of anilines is 2. The third-order valence-corrected chi connectivity index (χ3v) is 2.82. The maximum Gasteiger partial charge on any atom is 0.0405 e. The first-order valence-electron chi connectivity index (χ1n) is 6.36. The predicted octanol–water partition coefficient (Wildman–Crippen LogP) is 3.91. The number of aryl methyl sites for hydroxylation is 1. The molecule has 0 aromatic heterocycles. The molecule has 0 aliphatic heterocycles. The van der Waals surface area contributed by atoms with Crippen LogP contribution in [-0.4, -0.2) is 12.6 Å². The van der Waals surface area contributed by atoms with Gasteiger partial charge in [0.25, 0.3) is 0 Å². The third kappa shape index (κ3) is 3.81. The minimum absolute atomic E-state index is 0.381. The molecule has 0 heterocycles. The molecule has 0 amide bonds. The van der Waals surface area contributed by atoms with Crippen LogP contribution in [0.3, 0.4) is 0 Å². The van der Waals surface area contributed by atoms with Crippen LogP contribution in [0.2, 0.25) is 0 Å².